The Hall–Kier alpha value is -0.240. The minimum Gasteiger partial charge on any atom is -0.394 e. The Labute approximate surface area is 94.9 Å². The third-order valence-corrected chi connectivity index (χ3v) is 2.81. The van der Waals surface area contributed by atoms with Crippen molar-refractivity contribution in [1.82, 2.24) is 5.32 Å². The second-order valence-electron chi connectivity index (χ2n) is 4.06. The molecule has 0 aliphatic carbocycles. The Balaban J connectivity index is 2.50. The first-order chi connectivity index (χ1) is 7.61. The summed E-state index contributed by atoms with van der Waals surface area (Å²) >= 11 is 0. The van der Waals surface area contributed by atoms with Crippen molar-refractivity contribution in [3.8, 4) is 0 Å². The zero-order chi connectivity index (χ0) is 12.1. The molecule has 5 atom stereocenters. The van der Waals surface area contributed by atoms with Gasteiger partial charge in [0.25, 0.3) is 0 Å². The number of rotatable bonds is 5. The van der Waals surface area contributed by atoms with Crippen LogP contribution in [0.1, 0.15) is 19.8 Å². The minimum absolute atomic E-state index is 0.434. The SMILES string of the molecule is CCCCN[C@H]1C(O)O[C@H](CO)[C@H](O)[C@@H]1O. The fourth-order valence-corrected chi connectivity index (χ4v) is 1.76. The number of hydrogen-bond donors (Lipinski definition) is 5. The second-order valence-corrected chi connectivity index (χ2v) is 4.06. The molecule has 0 aromatic carbocycles. The zero-order valence-electron chi connectivity index (χ0n) is 9.41. The van der Waals surface area contributed by atoms with E-state index in [1.807, 2.05) is 6.92 Å². The average Bonchev–Trinajstić information content (AvgIpc) is 2.28. The van der Waals surface area contributed by atoms with Crippen molar-refractivity contribution in [3.05, 3.63) is 0 Å². The summed E-state index contributed by atoms with van der Waals surface area (Å²) in [4.78, 5) is 0. The van der Waals surface area contributed by atoms with Gasteiger partial charge in [0.05, 0.1) is 12.6 Å². The summed E-state index contributed by atoms with van der Waals surface area (Å²) in [6, 6.07) is -0.718. The molecule has 5 N–H and O–H groups in total. The largest absolute Gasteiger partial charge is 0.394 e. The first-order valence-electron chi connectivity index (χ1n) is 5.65. The monoisotopic (exact) mass is 235 g/mol. The van der Waals surface area contributed by atoms with Gasteiger partial charge in [-0.15, -0.1) is 0 Å². The van der Waals surface area contributed by atoms with Crippen LogP contribution in [0.3, 0.4) is 0 Å². The smallest absolute Gasteiger partial charge is 0.173 e. The number of aliphatic hydroxyl groups excluding tert-OH is 4. The Kier molecular flexibility index (Phi) is 5.60. The van der Waals surface area contributed by atoms with Gasteiger partial charge in [-0.25, -0.2) is 0 Å². The molecule has 1 rings (SSSR count). The molecule has 6 heteroatoms. The topological polar surface area (TPSA) is 102 Å². The van der Waals surface area contributed by atoms with Gasteiger partial charge in [0.2, 0.25) is 0 Å². The van der Waals surface area contributed by atoms with E-state index in [1.54, 1.807) is 0 Å². The van der Waals surface area contributed by atoms with E-state index in [9.17, 15) is 15.3 Å². The maximum atomic E-state index is 9.75. The third-order valence-electron chi connectivity index (χ3n) is 2.81. The van der Waals surface area contributed by atoms with E-state index in [2.05, 4.69) is 5.32 Å². The Morgan fingerprint density at radius 1 is 1.19 bits per heavy atom. The van der Waals surface area contributed by atoms with E-state index in [0.717, 1.165) is 12.8 Å². The molecule has 0 bridgehead atoms. The predicted molar refractivity (Wildman–Crippen MR) is 56.7 cm³/mol. The van der Waals surface area contributed by atoms with Crippen LogP contribution in [0.4, 0.5) is 0 Å². The lowest BCUT2D eigenvalue weighted by molar-refractivity contribution is -0.254. The Bertz CT molecular complexity index is 204. The molecule has 16 heavy (non-hydrogen) atoms. The van der Waals surface area contributed by atoms with Crippen LogP contribution >= 0.6 is 0 Å². The van der Waals surface area contributed by atoms with Gasteiger partial charge in [-0.1, -0.05) is 13.3 Å². The van der Waals surface area contributed by atoms with Crippen LogP contribution in [0.5, 0.6) is 0 Å². The molecule has 1 saturated heterocycles. The van der Waals surface area contributed by atoms with Gasteiger partial charge in [0.15, 0.2) is 6.29 Å². The summed E-state index contributed by atoms with van der Waals surface area (Å²) in [5.74, 6) is 0. The fraction of sp³-hybridized carbons (Fsp3) is 1.00. The number of ether oxygens (including phenoxy) is 1. The molecule has 96 valence electrons. The van der Waals surface area contributed by atoms with Crippen molar-refractivity contribution < 1.29 is 25.2 Å². The highest BCUT2D eigenvalue weighted by molar-refractivity contribution is 4.92. The molecule has 1 fully saturated rings. The lowest BCUT2D eigenvalue weighted by atomic mass is 9.97. The standard InChI is InChI=1S/C10H21NO5/c1-2-3-4-11-7-9(14)8(13)6(5-12)16-10(7)15/h6-15H,2-5H2,1H3/t6-,7-,8+,9-,10?/m1/s1. The zero-order valence-corrected chi connectivity index (χ0v) is 9.41. The Morgan fingerprint density at radius 3 is 2.44 bits per heavy atom. The molecule has 0 aromatic rings. The highest BCUT2D eigenvalue weighted by Gasteiger charge is 2.43. The van der Waals surface area contributed by atoms with E-state index in [-0.39, 0.29) is 0 Å². The lowest BCUT2D eigenvalue weighted by Gasteiger charge is -2.40. The summed E-state index contributed by atoms with van der Waals surface area (Å²) in [5, 5.41) is 40.7. The molecule has 0 spiro atoms. The van der Waals surface area contributed by atoms with E-state index < -0.39 is 37.3 Å². The maximum absolute atomic E-state index is 9.75. The molecule has 1 aliphatic heterocycles. The highest BCUT2D eigenvalue weighted by Crippen LogP contribution is 2.19. The Morgan fingerprint density at radius 2 is 1.88 bits per heavy atom. The van der Waals surface area contributed by atoms with Crippen LogP contribution in [-0.4, -0.2) is 64.2 Å². The average molecular weight is 235 g/mol. The summed E-state index contributed by atoms with van der Waals surface area (Å²) in [7, 11) is 0. The van der Waals surface area contributed by atoms with Crippen molar-refractivity contribution in [2.45, 2.75) is 50.4 Å². The quantitative estimate of drug-likeness (QED) is 0.359. The molecule has 1 aliphatic rings. The molecule has 1 unspecified atom stereocenters. The van der Waals surface area contributed by atoms with Crippen molar-refractivity contribution in [3.63, 3.8) is 0 Å². The van der Waals surface area contributed by atoms with Gasteiger partial charge in [-0.05, 0) is 13.0 Å². The number of aliphatic hydroxyl groups is 4. The molecule has 0 saturated carbocycles. The summed E-state index contributed by atoms with van der Waals surface area (Å²) < 4.78 is 4.99. The van der Waals surface area contributed by atoms with Crippen LogP contribution < -0.4 is 5.32 Å². The fourth-order valence-electron chi connectivity index (χ4n) is 1.76. The predicted octanol–water partition coefficient (Wildman–Crippen LogP) is -1.82. The van der Waals surface area contributed by atoms with Crippen LogP contribution in [0, 0.1) is 0 Å². The van der Waals surface area contributed by atoms with Gasteiger partial charge in [0.1, 0.15) is 18.3 Å². The van der Waals surface area contributed by atoms with E-state index >= 15 is 0 Å². The minimum atomic E-state index is -1.22. The molecule has 6 nitrogen and oxygen atoms in total. The van der Waals surface area contributed by atoms with Gasteiger partial charge in [0, 0.05) is 0 Å². The van der Waals surface area contributed by atoms with E-state index in [1.165, 1.54) is 0 Å². The van der Waals surface area contributed by atoms with Gasteiger partial charge in [-0.3, -0.25) is 0 Å². The van der Waals surface area contributed by atoms with E-state index in [4.69, 9.17) is 9.84 Å². The van der Waals surface area contributed by atoms with E-state index in [0.29, 0.717) is 6.54 Å². The van der Waals surface area contributed by atoms with Crippen molar-refractivity contribution in [1.29, 1.82) is 0 Å². The maximum Gasteiger partial charge on any atom is 0.173 e. The molecule has 1 heterocycles. The van der Waals surface area contributed by atoms with Crippen LogP contribution in [0.25, 0.3) is 0 Å². The first kappa shape index (κ1) is 13.8. The van der Waals surface area contributed by atoms with Gasteiger partial charge >= 0.3 is 0 Å². The van der Waals surface area contributed by atoms with Crippen molar-refractivity contribution in [2.75, 3.05) is 13.2 Å². The van der Waals surface area contributed by atoms with Gasteiger partial charge < -0.3 is 30.5 Å². The summed E-state index contributed by atoms with van der Waals surface area (Å²) in [6.45, 7) is 2.23. The number of hydrogen-bond acceptors (Lipinski definition) is 6. The van der Waals surface area contributed by atoms with Crippen molar-refractivity contribution >= 4 is 0 Å². The molecule has 0 aromatic heterocycles. The third kappa shape index (κ3) is 3.13. The van der Waals surface area contributed by atoms with Gasteiger partial charge in [-0.2, -0.15) is 0 Å². The molecular weight excluding hydrogens is 214 g/mol. The summed E-state index contributed by atoms with van der Waals surface area (Å²) in [5.41, 5.74) is 0. The van der Waals surface area contributed by atoms with Crippen LogP contribution in [-0.2, 0) is 4.74 Å². The normalized spacial score (nSPS) is 39.9. The number of unbranched alkanes of at least 4 members (excludes halogenated alkanes) is 1. The summed E-state index contributed by atoms with van der Waals surface area (Å²) in [6.07, 6.45) is -2.57. The highest BCUT2D eigenvalue weighted by atomic mass is 16.6. The van der Waals surface area contributed by atoms with Crippen molar-refractivity contribution in [2.24, 2.45) is 0 Å². The molecular formula is C10H21NO5. The number of nitrogens with one attached hydrogen (secondary N) is 1. The van der Waals surface area contributed by atoms with Crippen LogP contribution in [0.2, 0.25) is 0 Å². The molecule has 0 radical (unpaired) electrons. The molecule has 0 amide bonds. The first-order valence-corrected chi connectivity index (χ1v) is 5.65. The lowest BCUT2D eigenvalue weighted by Crippen LogP contribution is -2.63. The second kappa shape index (κ2) is 6.48. The van der Waals surface area contributed by atoms with Crippen LogP contribution in [0.15, 0.2) is 0 Å².